The van der Waals surface area contributed by atoms with Gasteiger partial charge in [-0.3, -0.25) is 0 Å². The normalized spacial score (nSPS) is 22.0. The van der Waals surface area contributed by atoms with Gasteiger partial charge in [0.25, 0.3) is 0 Å². The fraction of sp³-hybridized carbons (Fsp3) is 0.438. The summed E-state index contributed by atoms with van der Waals surface area (Å²) in [6.07, 6.45) is 7.69. The van der Waals surface area contributed by atoms with Gasteiger partial charge in [-0.15, -0.1) is 0 Å². The largest absolute Gasteiger partial charge is 0.309 e. The van der Waals surface area contributed by atoms with E-state index in [2.05, 4.69) is 22.5 Å². The van der Waals surface area contributed by atoms with E-state index in [1.54, 1.807) is 6.20 Å². The summed E-state index contributed by atoms with van der Waals surface area (Å²) >= 11 is 0. The number of rotatable bonds is 5. The van der Waals surface area contributed by atoms with Crippen LogP contribution >= 0.6 is 0 Å². The number of nitrogens with one attached hydrogen (secondary N) is 1. The van der Waals surface area contributed by atoms with Gasteiger partial charge in [-0.25, -0.2) is 13.1 Å². The van der Waals surface area contributed by atoms with Gasteiger partial charge in [-0.1, -0.05) is 18.6 Å². The van der Waals surface area contributed by atoms with Gasteiger partial charge in [0, 0.05) is 31.2 Å². The van der Waals surface area contributed by atoms with E-state index in [1.165, 1.54) is 6.26 Å². The van der Waals surface area contributed by atoms with Crippen molar-refractivity contribution in [1.82, 2.24) is 15.1 Å². The topological polar surface area (TPSA) is 64.0 Å². The highest BCUT2D eigenvalue weighted by Crippen LogP contribution is 2.25. The SMILES string of the molecule is CS(=O)(=O)[C@@H]1CCC[C@H]1NCc1ccc(-n2cccn2)cc1. The molecule has 1 fully saturated rings. The first-order chi connectivity index (χ1) is 10.5. The van der Waals surface area contributed by atoms with Crippen LogP contribution in [0, 0.1) is 0 Å². The molecule has 0 radical (unpaired) electrons. The van der Waals surface area contributed by atoms with Crippen molar-refractivity contribution in [2.24, 2.45) is 0 Å². The molecule has 0 bridgehead atoms. The number of nitrogens with zero attached hydrogens (tertiary/aromatic N) is 2. The molecule has 22 heavy (non-hydrogen) atoms. The third-order valence-electron chi connectivity index (χ3n) is 4.28. The fourth-order valence-corrected chi connectivity index (χ4v) is 4.53. The Morgan fingerprint density at radius 2 is 2.05 bits per heavy atom. The highest BCUT2D eigenvalue weighted by molar-refractivity contribution is 7.91. The van der Waals surface area contributed by atoms with Gasteiger partial charge < -0.3 is 5.32 Å². The van der Waals surface area contributed by atoms with Crippen LogP contribution in [-0.4, -0.2) is 35.7 Å². The van der Waals surface area contributed by atoms with Crippen LogP contribution in [0.3, 0.4) is 0 Å². The molecule has 1 saturated carbocycles. The molecule has 118 valence electrons. The Morgan fingerprint density at radius 1 is 1.27 bits per heavy atom. The summed E-state index contributed by atoms with van der Waals surface area (Å²) in [6, 6.07) is 10.1. The molecule has 0 aliphatic heterocycles. The van der Waals surface area contributed by atoms with Gasteiger partial charge in [-0.05, 0) is 36.6 Å². The van der Waals surface area contributed by atoms with Crippen molar-refractivity contribution in [2.45, 2.75) is 37.1 Å². The van der Waals surface area contributed by atoms with Crippen molar-refractivity contribution in [3.8, 4) is 5.69 Å². The number of aromatic nitrogens is 2. The smallest absolute Gasteiger partial charge is 0.151 e. The van der Waals surface area contributed by atoms with E-state index in [4.69, 9.17) is 0 Å². The van der Waals surface area contributed by atoms with Gasteiger partial charge in [0.05, 0.1) is 10.9 Å². The highest BCUT2D eigenvalue weighted by atomic mass is 32.2. The highest BCUT2D eigenvalue weighted by Gasteiger charge is 2.34. The van der Waals surface area contributed by atoms with Gasteiger partial charge in [-0.2, -0.15) is 5.10 Å². The summed E-state index contributed by atoms with van der Waals surface area (Å²) in [5.74, 6) is 0. The van der Waals surface area contributed by atoms with Gasteiger partial charge in [0.15, 0.2) is 9.84 Å². The lowest BCUT2D eigenvalue weighted by Crippen LogP contribution is -2.39. The molecular formula is C16H21N3O2S. The Labute approximate surface area is 131 Å². The zero-order chi connectivity index (χ0) is 15.6. The maximum Gasteiger partial charge on any atom is 0.151 e. The predicted molar refractivity (Wildman–Crippen MR) is 86.7 cm³/mol. The molecule has 1 aliphatic carbocycles. The van der Waals surface area contributed by atoms with E-state index in [1.807, 2.05) is 29.1 Å². The zero-order valence-corrected chi connectivity index (χ0v) is 13.5. The first-order valence-electron chi connectivity index (χ1n) is 7.55. The zero-order valence-electron chi connectivity index (χ0n) is 12.6. The Balaban J connectivity index is 1.62. The summed E-state index contributed by atoms with van der Waals surface area (Å²) < 4.78 is 25.4. The van der Waals surface area contributed by atoms with Crippen molar-refractivity contribution in [2.75, 3.05) is 6.26 Å². The molecule has 1 aliphatic rings. The van der Waals surface area contributed by atoms with Crippen LogP contribution in [0.1, 0.15) is 24.8 Å². The van der Waals surface area contributed by atoms with Crippen molar-refractivity contribution in [3.05, 3.63) is 48.3 Å². The average Bonchev–Trinajstić information content (AvgIpc) is 3.16. The van der Waals surface area contributed by atoms with Crippen LogP contribution in [0.15, 0.2) is 42.7 Å². The second-order valence-electron chi connectivity index (χ2n) is 5.90. The van der Waals surface area contributed by atoms with Crippen molar-refractivity contribution in [1.29, 1.82) is 0 Å². The number of hydrogen-bond acceptors (Lipinski definition) is 4. The van der Waals surface area contributed by atoms with E-state index < -0.39 is 9.84 Å². The van der Waals surface area contributed by atoms with E-state index >= 15 is 0 Å². The third-order valence-corrected chi connectivity index (χ3v) is 5.94. The lowest BCUT2D eigenvalue weighted by atomic mass is 10.2. The van der Waals surface area contributed by atoms with Gasteiger partial charge >= 0.3 is 0 Å². The molecule has 1 heterocycles. The standard InChI is InChI=1S/C16H21N3O2S/c1-22(20,21)16-5-2-4-15(16)17-12-13-6-8-14(9-7-13)19-11-3-10-18-19/h3,6-11,15-17H,2,4-5,12H2,1H3/t15-,16-/m1/s1. The van der Waals surface area contributed by atoms with E-state index in [9.17, 15) is 8.42 Å². The van der Waals surface area contributed by atoms with Crippen molar-refractivity contribution >= 4 is 9.84 Å². The number of benzene rings is 1. The maximum absolute atomic E-state index is 11.8. The third kappa shape index (κ3) is 3.39. The van der Waals surface area contributed by atoms with E-state index in [0.717, 1.165) is 30.5 Å². The quantitative estimate of drug-likeness (QED) is 0.914. The van der Waals surface area contributed by atoms with Crippen LogP contribution in [0.5, 0.6) is 0 Å². The van der Waals surface area contributed by atoms with Crippen LogP contribution in [0.25, 0.3) is 5.69 Å². The molecule has 5 nitrogen and oxygen atoms in total. The van der Waals surface area contributed by atoms with E-state index in [-0.39, 0.29) is 11.3 Å². The second kappa shape index (κ2) is 6.22. The molecule has 1 aromatic carbocycles. The molecule has 2 atom stereocenters. The molecule has 0 spiro atoms. The summed E-state index contributed by atoms with van der Waals surface area (Å²) in [4.78, 5) is 0. The first kappa shape index (κ1) is 15.2. The Kier molecular flexibility index (Phi) is 4.31. The minimum atomic E-state index is -2.97. The van der Waals surface area contributed by atoms with Crippen molar-refractivity contribution in [3.63, 3.8) is 0 Å². The lowest BCUT2D eigenvalue weighted by molar-refractivity contribution is 0.507. The van der Waals surface area contributed by atoms with Crippen LogP contribution in [0.2, 0.25) is 0 Å². The minimum absolute atomic E-state index is 0.0702. The molecule has 0 saturated heterocycles. The summed E-state index contributed by atoms with van der Waals surface area (Å²) in [7, 11) is -2.97. The Hall–Kier alpha value is -1.66. The van der Waals surface area contributed by atoms with Crippen molar-refractivity contribution < 1.29 is 8.42 Å². The second-order valence-corrected chi connectivity index (χ2v) is 8.17. The summed E-state index contributed by atoms with van der Waals surface area (Å²) in [5.41, 5.74) is 2.17. The number of hydrogen-bond donors (Lipinski definition) is 1. The average molecular weight is 319 g/mol. The predicted octanol–water partition coefficient (Wildman–Crippen LogP) is 1.93. The van der Waals surface area contributed by atoms with Gasteiger partial charge in [0.2, 0.25) is 0 Å². The molecule has 1 N–H and O–H groups in total. The molecule has 2 aromatic rings. The molecule has 6 heteroatoms. The number of sulfone groups is 1. The lowest BCUT2D eigenvalue weighted by Gasteiger charge is -2.19. The van der Waals surface area contributed by atoms with Crippen LogP contribution < -0.4 is 5.32 Å². The first-order valence-corrected chi connectivity index (χ1v) is 9.51. The summed E-state index contributed by atoms with van der Waals surface area (Å²) in [6.45, 7) is 0.691. The Morgan fingerprint density at radius 3 is 2.68 bits per heavy atom. The Bertz CT molecular complexity index is 708. The molecule has 0 amide bonds. The molecule has 3 rings (SSSR count). The van der Waals surface area contributed by atoms with Gasteiger partial charge in [0.1, 0.15) is 0 Å². The maximum atomic E-state index is 11.8. The fourth-order valence-electron chi connectivity index (χ4n) is 3.11. The minimum Gasteiger partial charge on any atom is -0.309 e. The van der Waals surface area contributed by atoms with E-state index in [0.29, 0.717) is 6.54 Å². The molecular weight excluding hydrogens is 298 g/mol. The molecule has 1 aromatic heterocycles. The van der Waals surface area contributed by atoms with Crippen LogP contribution in [0.4, 0.5) is 0 Å². The summed E-state index contributed by atoms with van der Waals surface area (Å²) in [5, 5.41) is 7.36. The molecule has 0 unspecified atom stereocenters. The van der Waals surface area contributed by atoms with Crippen LogP contribution in [-0.2, 0) is 16.4 Å². The monoisotopic (exact) mass is 319 g/mol.